The lowest BCUT2D eigenvalue weighted by atomic mass is 10.0. The Labute approximate surface area is 103 Å². The van der Waals surface area contributed by atoms with Gasteiger partial charge in [-0.25, -0.2) is 9.18 Å². The first kappa shape index (κ1) is 12.1. The molecule has 0 aliphatic heterocycles. The lowest BCUT2D eigenvalue weighted by Crippen LogP contribution is -2.03. The topological polar surface area (TPSA) is 46.5 Å². The summed E-state index contributed by atoms with van der Waals surface area (Å²) in [7, 11) is 0. The zero-order valence-electron chi connectivity index (χ0n) is 9.47. The van der Waals surface area contributed by atoms with Crippen LogP contribution in [-0.4, -0.2) is 17.9 Å². The summed E-state index contributed by atoms with van der Waals surface area (Å²) < 4.78 is 17.2. The lowest BCUT2D eigenvalue weighted by molar-refractivity contribution is 0.0689. The van der Waals surface area contributed by atoms with Gasteiger partial charge in [0.15, 0.2) is 0 Å². The van der Waals surface area contributed by atoms with Crippen molar-refractivity contribution in [1.82, 2.24) is 0 Å². The Morgan fingerprint density at radius 2 is 1.83 bits per heavy atom. The fourth-order valence-corrected chi connectivity index (χ4v) is 1.76. The van der Waals surface area contributed by atoms with Gasteiger partial charge in [-0.1, -0.05) is 42.5 Å². The van der Waals surface area contributed by atoms with Gasteiger partial charge in [0.05, 0.1) is 0 Å². The molecule has 0 heterocycles. The molecule has 4 heteroatoms. The Kier molecular flexibility index (Phi) is 3.57. The van der Waals surface area contributed by atoms with Gasteiger partial charge in [-0.3, -0.25) is 0 Å². The van der Waals surface area contributed by atoms with Crippen LogP contribution < -0.4 is 4.74 Å². The van der Waals surface area contributed by atoms with Gasteiger partial charge < -0.3 is 9.84 Å². The number of alkyl halides is 1. The highest BCUT2D eigenvalue weighted by atomic mass is 19.1. The second-order valence-corrected chi connectivity index (χ2v) is 3.61. The van der Waals surface area contributed by atoms with Crippen molar-refractivity contribution in [3.05, 3.63) is 54.1 Å². The summed E-state index contributed by atoms with van der Waals surface area (Å²) in [5.74, 6) is -1.09. The van der Waals surface area contributed by atoms with E-state index in [1.165, 1.54) is 6.07 Å². The fourth-order valence-electron chi connectivity index (χ4n) is 1.76. The van der Waals surface area contributed by atoms with E-state index in [9.17, 15) is 9.18 Å². The van der Waals surface area contributed by atoms with E-state index in [0.29, 0.717) is 5.56 Å². The molecule has 2 aromatic rings. The average Bonchev–Trinajstić information content (AvgIpc) is 2.40. The normalized spacial score (nSPS) is 10.1. The van der Waals surface area contributed by atoms with Crippen LogP contribution in [0.3, 0.4) is 0 Å². The van der Waals surface area contributed by atoms with Crippen molar-refractivity contribution in [2.75, 3.05) is 6.86 Å². The van der Waals surface area contributed by atoms with Gasteiger partial charge in [-0.15, -0.1) is 0 Å². The van der Waals surface area contributed by atoms with Crippen molar-refractivity contribution in [2.45, 2.75) is 0 Å². The van der Waals surface area contributed by atoms with Crippen molar-refractivity contribution in [1.29, 1.82) is 0 Å². The first-order valence-corrected chi connectivity index (χ1v) is 5.34. The number of para-hydroxylation sites is 1. The van der Waals surface area contributed by atoms with Crippen LogP contribution in [0.1, 0.15) is 10.4 Å². The van der Waals surface area contributed by atoms with Crippen LogP contribution in [0, 0.1) is 0 Å². The molecule has 0 saturated heterocycles. The van der Waals surface area contributed by atoms with Crippen LogP contribution in [-0.2, 0) is 0 Å². The van der Waals surface area contributed by atoms with Crippen LogP contribution >= 0.6 is 0 Å². The first-order valence-electron chi connectivity index (χ1n) is 5.34. The standard InChI is InChI=1S/C14H11FO3/c15-9-18-13-11(10-5-2-1-3-6-10)7-4-8-12(13)14(16)17/h1-8H,9H2,(H,16,17). The average molecular weight is 246 g/mol. The molecule has 0 aliphatic rings. The largest absolute Gasteiger partial charge is 0.478 e. The highest BCUT2D eigenvalue weighted by molar-refractivity contribution is 5.94. The van der Waals surface area contributed by atoms with E-state index in [1.807, 2.05) is 30.3 Å². The summed E-state index contributed by atoms with van der Waals surface area (Å²) in [6, 6.07) is 13.8. The Hall–Kier alpha value is -2.36. The second-order valence-electron chi connectivity index (χ2n) is 3.61. The van der Waals surface area contributed by atoms with Gasteiger partial charge in [0.1, 0.15) is 11.3 Å². The number of carboxylic acid groups (broad SMARTS) is 1. The van der Waals surface area contributed by atoms with Crippen molar-refractivity contribution in [3.8, 4) is 16.9 Å². The number of benzene rings is 2. The minimum Gasteiger partial charge on any atom is -0.478 e. The van der Waals surface area contributed by atoms with Gasteiger partial charge >= 0.3 is 5.97 Å². The molecule has 0 aromatic heterocycles. The van der Waals surface area contributed by atoms with E-state index in [0.717, 1.165) is 5.56 Å². The maximum absolute atomic E-state index is 12.4. The number of rotatable bonds is 4. The monoisotopic (exact) mass is 246 g/mol. The SMILES string of the molecule is O=C(O)c1cccc(-c2ccccc2)c1OCF. The minimum atomic E-state index is -1.14. The molecule has 2 aromatic carbocycles. The molecule has 0 spiro atoms. The summed E-state index contributed by atoms with van der Waals surface area (Å²) in [6.07, 6.45) is 0. The zero-order chi connectivity index (χ0) is 13.0. The third-order valence-corrected chi connectivity index (χ3v) is 2.53. The molecule has 0 fully saturated rings. The first-order chi connectivity index (χ1) is 8.74. The highest BCUT2D eigenvalue weighted by Gasteiger charge is 2.16. The molecule has 92 valence electrons. The van der Waals surface area contributed by atoms with E-state index in [4.69, 9.17) is 9.84 Å². The Bertz CT molecular complexity index is 552. The van der Waals surface area contributed by atoms with Crippen LogP contribution in [0.5, 0.6) is 5.75 Å². The van der Waals surface area contributed by atoms with Gasteiger partial charge in [0.2, 0.25) is 6.86 Å². The molecule has 0 radical (unpaired) electrons. The Balaban J connectivity index is 2.60. The number of carbonyl (C=O) groups is 1. The summed E-state index contributed by atoms with van der Waals surface area (Å²) in [4.78, 5) is 11.1. The maximum atomic E-state index is 12.4. The zero-order valence-corrected chi connectivity index (χ0v) is 9.47. The number of aromatic carboxylic acids is 1. The van der Waals surface area contributed by atoms with Crippen molar-refractivity contribution >= 4 is 5.97 Å². The third-order valence-electron chi connectivity index (χ3n) is 2.53. The van der Waals surface area contributed by atoms with Gasteiger partial charge in [0.25, 0.3) is 0 Å². The number of hydrogen-bond donors (Lipinski definition) is 1. The van der Waals surface area contributed by atoms with Crippen LogP contribution in [0.2, 0.25) is 0 Å². The quantitative estimate of drug-likeness (QED) is 0.899. The van der Waals surface area contributed by atoms with Gasteiger partial charge in [-0.2, -0.15) is 0 Å². The Morgan fingerprint density at radius 1 is 1.11 bits per heavy atom. The second kappa shape index (κ2) is 5.31. The van der Waals surface area contributed by atoms with E-state index >= 15 is 0 Å². The number of ether oxygens (including phenoxy) is 1. The molecule has 0 aliphatic carbocycles. The molecule has 3 nitrogen and oxygen atoms in total. The van der Waals surface area contributed by atoms with Crippen molar-refractivity contribution in [3.63, 3.8) is 0 Å². The fraction of sp³-hybridized carbons (Fsp3) is 0.0714. The number of hydrogen-bond acceptors (Lipinski definition) is 2. The predicted molar refractivity (Wildman–Crippen MR) is 65.4 cm³/mol. The van der Waals surface area contributed by atoms with Crippen molar-refractivity contribution < 1.29 is 19.0 Å². The molecule has 1 N–H and O–H groups in total. The Morgan fingerprint density at radius 3 is 2.44 bits per heavy atom. The summed E-state index contributed by atoms with van der Waals surface area (Å²) in [5.41, 5.74) is 1.30. The maximum Gasteiger partial charge on any atom is 0.339 e. The molecule has 18 heavy (non-hydrogen) atoms. The molecule has 0 atom stereocenters. The number of carboxylic acids is 1. The van der Waals surface area contributed by atoms with Crippen molar-refractivity contribution in [2.24, 2.45) is 0 Å². The van der Waals surface area contributed by atoms with E-state index in [2.05, 4.69) is 0 Å². The van der Waals surface area contributed by atoms with E-state index in [-0.39, 0.29) is 11.3 Å². The predicted octanol–water partition coefficient (Wildman–Crippen LogP) is 3.36. The molecule has 0 amide bonds. The van der Waals surface area contributed by atoms with Gasteiger partial charge in [0, 0.05) is 5.56 Å². The summed E-state index contributed by atoms with van der Waals surface area (Å²) >= 11 is 0. The molecule has 0 saturated carbocycles. The van der Waals surface area contributed by atoms with E-state index < -0.39 is 12.8 Å². The molecule has 0 bridgehead atoms. The summed E-state index contributed by atoms with van der Waals surface area (Å²) in [5, 5.41) is 9.06. The van der Waals surface area contributed by atoms with Crippen LogP contribution in [0.4, 0.5) is 4.39 Å². The third kappa shape index (κ3) is 2.32. The van der Waals surface area contributed by atoms with Gasteiger partial charge in [-0.05, 0) is 11.6 Å². The smallest absolute Gasteiger partial charge is 0.339 e. The van der Waals surface area contributed by atoms with Crippen LogP contribution in [0.15, 0.2) is 48.5 Å². The minimum absolute atomic E-state index is 0.0472. The number of halogens is 1. The molecule has 2 rings (SSSR count). The highest BCUT2D eigenvalue weighted by Crippen LogP contribution is 2.33. The lowest BCUT2D eigenvalue weighted by Gasteiger charge is -2.11. The van der Waals surface area contributed by atoms with E-state index in [1.54, 1.807) is 12.1 Å². The summed E-state index contributed by atoms with van der Waals surface area (Å²) in [6.45, 7) is -1.07. The van der Waals surface area contributed by atoms with Crippen LogP contribution in [0.25, 0.3) is 11.1 Å². The molecular formula is C14H11FO3. The molecular weight excluding hydrogens is 235 g/mol. The molecule has 0 unspecified atom stereocenters.